The predicted octanol–water partition coefficient (Wildman–Crippen LogP) is 4.82. The Morgan fingerprint density at radius 1 is 0.957 bits per heavy atom. The number of aromatic nitrogens is 1. The van der Waals surface area contributed by atoms with Gasteiger partial charge in [-0.2, -0.15) is 0 Å². The lowest BCUT2D eigenvalue weighted by Gasteiger charge is -2.04. The van der Waals surface area contributed by atoms with E-state index in [1.165, 1.54) is 0 Å². The number of pyridine rings is 1. The minimum absolute atomic E-state index is 0.115. The summed E-state index contributed by atoms with van der Waals surface area (Å²) in [6.45, 7) is 3.73. The number of carbonyl (C=O) groups excluding carboxylic acids is 1. The van der Waals surface area contributed by atoms with Crippen molar-refractivity contribution in [1.29, 1.82) is 0 Å². The van der Waals surface area contributed by atoms with E-state index in [-0.39, 0.29) is 5.78 Å². The van der Waals surface area contributed by atoms with Gasteiger partial charge in [-0.15, -0.1) is 0 Å². The van der Waals surface area contributed by atoms with E-state index < -0.39 is 0 Å². The Hall–Kier alpha value is -3.00. The molecule has 3 rings (SSSR count). The summed E-state index contributed by atoms with van der Waals surface area (Å²) in [7, 11) is 0. The Labute approximate surface area is 136 Å². The number of carbonyl (C=O) groups is 1. The molecule has 0 spiro atoms. The van der Waals surface area contributed by atoms with Crippen molar-refractivity contribution in [2.45, 2.75) is 6.42 Å². The highest BCUT2D eigenvalue weighted by Crippen LogP contribution is 2.18. The maximum atomic E-state index is 12.4. The van der Waals surface area contributed by atoms with Crippen LogP contribution in [0.4, 0.5) is 0 Å². The maximum Gasteiger partial charge on any atom is 0.167 e. The molecule has 0 amide bonds. The maximum absolute atomic E-state index is 12.4. The summed E-state index contributed by atoms with van der Waals surface area (Å²) in [5, 5.41) is 0. The van der Waals surface area contributed by atoms with Crippen molar-refractivity contribution in [1.82, 2.24) is 4.98 Å². The minimum atomic E-state index is 0.115. The van der Waals surface area contributed by atoms with Crippen molar-refractivity contribution < 1.29 is 4.79 Å². The summed E-state index contributed by atoms with van der Waals surface area (Å²) >= 11 is 0. The molecule has 1 aromatic heterocycles. The lowest BCUT2D eigenvalue weighted by Crippen LogP contribution is -2.03. The first kappa shape index (κ1) is 14.9. The first-order valence-corrected chi connectivity index (χ1v) is 7.52. The largest absolute Gasteiger partial charge is 0.294 e. The SMILES string of the molecule is C=Cc1ccc(CC(=O)c2ccc(-c3ccccn3)cc2)cc1. The van der Waals surface area contributed by atoms with E-state index in [0.29, 0.717) is 6.42 Å². The fourth-order valence-electron chi connectivity index (χ4n) is 2.42. The fraction of sp³-hybridized carbons (Fsp3) is 0.0476. The highest BCUT2D eigenvalue weighted by atomic mass is 16.1. The van der Waals surface area contributed by atoms with Crippen LogP contribution < -0.4 is 0 Å². The second-order valence-corrected chi connectivity index (χ2v) is 5.34. The molecule has 0 unspecified atom stereocenters. The first-order chi connectivity index (χ1) is 11.3. The molecule has 0 saturated heterocycles. The van der Waals surface area contributed by atoms with E-state index in [4.69, 9.17) is 0 Å². The summed E-state index contributed by atoms with van der Waals surface area (Å²) in [6, 6.07) is 21.3. The molecule has 0 radical (unpaired) electrons. The fourth-order valence-corrected chi connectivity index (χ4v) is 2.42. The van der Waals surface area contributed by atoms with E-state index in [1.807, 2.05) is 66.7 Å². The molecule has 0 aliphatic rings. The van der Waals surface area contributed by atoms with Gasteiger partial charge in [0.1, 0.15) is 0 Å². The van der Waals surface area contributed by atoms with Gasteiger partial charge in [-0.05, 0) is 23.3 Å². The Balaban J connectivity index is 1.73. The van der Waals surface area contributed by atoms with E-state index in [0.717, 1.165) is 27.9 Å². The Kier molecular flexibility index (Phi) is 4.44. The molecule has 2 nitrogen and oxygen atoms in total. The quantitative estimate of drug-likeness (QED) is 0.632. The number of rotatable bonds is 5. The number of hydrogen-bond donors (Lipinski definition) is 0. The molecular weight excluding hydrogens is 282 g/mol. The molecule has 0 N–H and O–H groups in total. The normalized spacial score (nSPS) is 10.3. The molecule has 0 bridgehead atoms. The number of ketones is 1. The molecule has 1 heterocycles. The van der Waals surface area contributed by atoms with Gasteiger partial charge in [0.25, 0.3) is 0 Å². The van der Waals surface area contributed by atoms with Gasteiger partial charge in [0.05, 0.1) is 5.69 Å². The first-order valence-electron chi connectivity index (χ1n) is 7.52. The minimum Gasteiger partial charge on any atom is -0.294 e. The van der Waals surface area contributed by atoms with Crippen LogP contribution in [0.3, 0.4) is 0 Å². The third kappa shape index (κ3) is 3.61. The second kappa shape index (κ2) is 6.84. The summed E-state index contributed by atoms with van der Waals surface area (Å²) in [6.07, 6.45) is 3.96. The third-order valence-electron chi connectivity index (χ3n) is 3.75. The van der Waals surface area contributed by atoms with Crippen molar-refractivity contribution in [2.75, 3.05) is 0 Å². The third-order valence-corrected chi connectivity index (χ3v) is 3.75. The van der Waals surface area contributed by atoms with Crippen molar-refractivity contribution in [3.05, 3.63) is 96.2 Å². The molecule has 0 aliphatic carbocycles. The molecule has 3 aromatic rings. The van der Waals surface area contributed by atoms with Gasteiger partial charge < -0.3 is 0 Å². The zero-order valence-electron chi connectivity index (χ0n) is 12.8. The van der Waals surface area contributed by atoms with Crippen LogP contribution in [-0.4, -0.2) is 10.8 Å². The smallest absolute Gasteiger partial charge is 0.167 e. The van der Waals surface area contributed by atoms with Gasteiger partial charge in [0, 0.05) is 23.7 Å². The average Bonchev–Trinajstić information content (AvgIpc) is 2.63. The molecule has 0 saturated carbocycles. The van der Waals surface area contributed by atoms with Crippen LogP contribution in [0, 0.1) is 0 Å². The molecule has 0 atom stereocenters. The lowest BCUT2D eigenvalue weighted by atomic mass is 10.0. The summed E-state index contributed by atoms with van der Waals surface area (Å²) in [4.78, 5) is 16.7. The van der Waals surface area contributed by atoms with Crippen LogP contribution in [0.5, 0.6) is 0 Å². The van der Waals surface area contributed by atoms with Crippen molar-refractivity contribution in [3.8, 4) is 11.3 Å². The van der Waals surface area contributed by atoms with E-state index in [2.05, 4.69) is 11.6 Å². The highest BCUT2D eigenvalue weighted by Gasteiger charge is 2.08. The van der Waals surface area contributed by atoms with E-state index in [1.54, 1.807) is 12.3 Å². The standard InChI is InChI=1S/C21H17NO/c1-2-16-6-8-17(9-7-16)15-21(23)19-12-10-18(11-13-19)20-5-3-4-14-22-20/h2-14H,1,15H2. The van der Waals surface area contributed by atoms with Gasteiger partial charge >= 0.3 is 0 Å². The van der Waals surface area contributed by atoms with E-state index >= 15 is 0 Å². The van der Waals surface area contributed by atoms with Crippen LogP contribution in [0.25, 0.3) is 17.3 Å². The Bertz CT molecular complexity index is 803. The predicted molar refractivity (Wildman–Crippen MR) is 94.2 cm³/mol. The lowest BCUT2D eigenvalue weighted by molar-refractivity contribution is 0.0993. The summed E-state index contributed by atoms with van der Waals surface area (Å²) in [5.41, 5.74) is 4.71. The average molecular weight is 299 g/mol. The van der Waals surface area contributed by atoms with Gasteiger partial charge in [-0.1, -0.05) is 67.3 Å². The van der Waals surface area contributed by atoms with Crippen LogP contribution in [0.1, 0.15) is 21.5 Å². The molecule has 0 aliphatic heterocycles. The van der Waals surface area contributed by atoms with Crippen LogP contribution in [-0.2, 0) is 6.42 Å². The summed E-state index contributed by atoms with van der Waals surface area (Å²) < 4.78 is 0. The summed E-state index contributed by atoms with van der Waals surface area (Å²) in [5.74, 6) is 0.115. The second-order valence-electron chi connectivity index (χ2n) is 5.34. The van der Waals surface area contributed by atoms with Crippen molar-refractivity contribution in [3.63, 3.8) is 0 Å². The zero-order valence-corrected chi connectivity index (χ0v) is 12.8. The number of benzene rings is 2. The van der Waals surface area contributed by atoms with Crippen LogP contribution in [0.2, 0.25) is 0 Å². The molecule has 2 heteroatoms. The molecular formula is C21H17NO. The molecule has 112 valence electrons. The number of hydrogen-bond acceptors (Lipinski definition) is 2. The van der Waals surface area contributed by atoms with Gasteiger partial charge in [0.2, 0.25) is 0 Å². The number of nitrogens with zero attached hydrogens (tertiary/aromatic N) is 1. The van der Waals surface area contributed by atoms with Gasteiger partial charge in [-0.3, -0.25) is 9.78 Å². The molecule has 2 aromatic carbocycles. The van der Waals surface area contributed by atoms with Gasteiger partial charge in [-0.25, -0.2) is 0 Å². The van der Waals surface area contributed by atoms with E-state index in [9.17, 15) is 4.79 Å². The van der Waals surface area contributed by atoms with Crippen LogP contribution in [0.15, 0.2) is 79.5 Å². The Morgan fingerprint density at radius 3 is 2.30 bits per heavy atom. The topological polar surface area (TPSA) is 30.0 Å². The number of Topliss-reactive ketones (excluding diaryl/α,β-unsaturated/α-hetero) is 1. The van der Waals surface area contributed by atoms with Crippen molar-refractivity contribution in [2.24, 2.45) is 0 Å². The van der Waals surface area contributed by atoms with Crippen LogP contribution >= 0.6 is 0 Å². The molecule has 23 heavy (non-hydrogen) atoms. The molecule has 0 fully saturated rings. The Morgan fingerprint density at radius 2 is 1.70 bits per heavy atom. The zero-order chi connectivity index (χ0) is 16.1. The monoisotopic (exact) mass is 299 g/mol. The van der Waals surface area contributed by atoms with Crippen molar-refractivity contribution >= 4 is 11.9 Å². The highest BCUT2D eigenvalue weighted by molar-refractivity contribution is 5.97. The van der Waals surface area contributed by atoms with Gasteiger partial charge in [0.15, 0.2) is 5.78 Å².